The third-order valence-electron chi connectivity index (χ3n) is 1.96. The minimum Gasteiger partial charge on any atom is -0.276 e. The van der Waals surface area contributed by atoms with Crippen molar-refractivity contribution in [3.8, 4) is 0 Å². The van der Waals surface area contributed by atoms with Crippen LogP contribution in [-0.4, -0.2) is 8.42 Å². The average Bonchev–Trinajstić information content (AvgIpc) is 2.78. The van der Waals surface area contributed by atoms with Crippen LogP contribution >= 0.6 is 22.9 Å². The lowest BCUT2D eigenvalue weighted by Crippen LogP contribution is -2.12. The van der Waals surface area contributed by atoms with Crippen LogP contribution in [0.15, 0.2) is 39.9 Å². The SMILES string of the molecule is O=S(=O)(Nc1cccc(Cl)c1F)c1cccs1. The Labute approximate surface area is 107 Å². The van der Waals surface area contributed by atoms with E-state index in [0.717, 1.165) is 11.3 Å². The number of halogens is 2. The molecule has 0 saturated heterocycles. The smallest absolute Gasteiger partial charge is 0.271 e. The van der Waals surface area contributed by atoms with Crippen molar-refractivity contribution in [2.75, 3.05) is 4.72 Å². The summed E-state index contributed by atoms with van der Waals surface area (Å²) in [6.07, 6.45) is 0. The summed E-state index contributed by atoms with van der Waals surface area (Å²) in [6, 6.07) is 7.17. The first-order valence-corrected chi connectivity index (χ1v) is 7.25. The van der Waals surface area contributed by atoms with Gasteiger partial charge in [0.1, 0.15) is 4.21 Å². The molecular weight excluding hydrogens is 285 g/mol. The van der Waals surface area contributed by atoms with Crippen molar-refractivity contribution >= 4 is 38.6 Å². The zero-order valence-electron chi connectivity index (χ0n) is 8.35. The maximum atomic E-state index is 13.5. The topological polar surface area (TPSA) is 46.2 Å². The molecule has 7 heteroatoms. The van der Waals surface area contributed by atoms with Crippen LogP contribution in [0.5, 0.6) is 0 Å². The van der Waals surface area contributed by atoms with Crippen LogP contribution < -0.4 is 4.72 Å². The number of anilines is 1. The van der Waals surface area contributed by atoms with Gasteiger partial charge < -0.3 is 0 Å². The fraction of sp³-hybridized carbons (Fsp3) is 0. The van der Waals surface area contributed by atoms with E-state index in [1.54, 1.807) is 11.4 Å². The van der Waals surface area contributed by atoms with Gasteiger partial charge in [-0.3, -0.25) is 4.72 Å². The molecule has 1 aromatic heterocycles. The zero-order valence-corrected chi connectivity index (χ0v) is 10.7. The number of nitrogens with one attached hydrogen (secondary N) is 1. The van der Waals surface area contributed by atoms with Crippen LogP contribution in [0.2, 0.25) is 5.02 Å². The molecule has 0 bridgehead atoms. The standard InChI is InChI=1S/C10H7ClFNO2S2/c11-7-3-1-4-8(10(7)12)13-17(14,15)9-5-2-6-16-9/h1-6,13H. The molecule has 0 aliphatic carbocycles. The van der Waals surface area contributed by atoms with E-state index in [9.17, 15) is 12.8 Å². The first-order valence-electron chi connectivity index (χ1n) is 4.51. The fourth-order valence-electron chi connectivity index (χ4n) is 1.19. The molecule has 0 aliphatic rings. The number of thiophene rings is 1. The molecule has 1 N–H and O–H groups in total. The van der Waals surface area contributed by atoms with E-state index in [4.69, 9.17) is 11.6 Å². The molecule has 2 rings (SSSR count). The van der Waals surface area contributed by atoms with Gasteiger partial charge in [0.25, 0.3) is 10.0 Å². The van der Waals surface area contributed by atoms with E-state index < -0.39 is 15.8 Å². The van der Waals surface area contributed by atoms with Gasteiger partial charge in [0.2, 0.25) is 0 Å². The Kier molecular flexibility index (Phi) is 3.37. The van der Waals surface area contributed by atoms with Crippen molar-refractivity contribution < 1.29 is 12.8 Å². The molecule has 17 heavy (non-hydrogen) atoms. The first-order chi connectivity index (χ1) is 8.00. The van der Waals surface area contributed by atoms with Crippen molar-refractivity contribution in [1.82, 2.24) is 0 Å². The second kappa shape index (κ2) is 4.64. The minimum absolute atomic E-state index is 0.122. The zero-order chi connectivity index (χ0) is 12.5. The molecular formula is C10H7ClFNO2S2. The van der Waals surface area contributed by atoms with Crippen molar-refractivity contribution in [3.05, 3.63) is 46.6 Å². The monoisotopic (exact) mass is 291 g/mol. The Bertz CT molecular complexity index is 626. The predicted molar refractivity (Wildman–Crippen MR) is 66.5 cm³/mol. The molecule has 1 heterocycles. The average molecular weight is 292 g/mol. The van der Waals surface area contributed by atoms with Gasteiger partial charge in [-0.05, 0) is 23.6 Å². The van der Waals surface area contributed by atoms with E-state index >= 15 is 0 Å². The Morgan fingerprint density at radius 2 is 2.00 bits per heavy atom. The van der Waals surface area contributed by atoms with Gasteiger partial charge in [0.15, 0.2) is 5.82 Å². The Morgan fingerprint density at radius 3 is 2.65 bits per heavy atom. The molecule has 3 nitrogen and oxygen atoms in total. The molecule has 2 aromatic rings. The van der Waals surface area contributed by atoms with Gasteiger partial charge in [0.05, 0.1) is 10.7 Å². The summed E-state index contributed by atoms with van der Waals surface area (Å²) >= 11 is 6.61. The second-order valence-corrected chi connectivity index (χ2v) is 6.40. The highest BCUT2D eigenvalue weighted by Gasteiger charge is 2.17. The quantitative estimate of drug-likeness (QED) is 0.943. The largest absolute Gasteiger partial charge is 0.276 e. The van der Waals surface area contributed by atoms with Gasteiger partial charge >= 0.3 is 0 Å². The van der Waals surface area contributed by atoms with Crippen LogP contribution in [0, 0.1) is 5.82 Å². The number of rotatable bonds is 3. The Balaban J connectivity index is 2.37. The van der Waals surface area contributed by atoms with Gasteiger partial charge in [-0.2, -0.15) is 0 Å². The van der Waals surface area contributed by atoms with E-state index in [-0.39, 0.29) is 14.9 Å². The van der Waals surface area contributed by atoms with E-state index in [1.807, 2.05) is 0 Å². The summed E-state index contributed by atoms with van der Waals surface area (Å²) in [5, 5.41) is 1.50. The number of hydrogen-bond acceptors (Lipinski definition) is 3. The highest BCUT2D eigenvalue weighted by Crippen LogP contribution is 2.25. The van der Waals surface area contributed by atoms with Crippen LogP contribution in [0.3, 0.4) is 0 Å². The molecule has 0 spiro atoms. The maximum Gasteiger partial charge on any atom is 0.271 e. The third-order valence-corrected chi connectivity index (χ3v) is 5.01. The normalized spacial score (nSPS) is 11.4. The molecule has 0 atom stereocenters. The van der Waals surface area contributed by atoms with E-state index in [2.05, 4.69) is 4.72 Å². The minimum atomic E-state index is -3.74. The number of benzene rings is 1. The Hall–Kier alpha value is -1.11. The highest BCUT2D eigenvalue weighted by atomic mass is 35.5. The molecule has 1 aromatic carbocycles. The predicted octanol–water partition coefficient (Wildman–Crippen LogP) is 3.34. The second-order valence-electron chi connectivity index (χ2n) is 3.14. The van der Waals surface area contributed by atoms with Crippen molar-refractivity contribution in [2.24, 2.45) is 0 Å². The molecule has 0 unspecified atom stereocenters. The summed E-state index contributed by atoms with van der Waals surface area (Å²) in [7, 11) is -3.74. The summed E-state index contributed by atoms with van der Waals surface area (Å²) in [5.41, 5.74) is -0.161. The van der Waals surface area contributed by atoms with Crippen LogP contribution in [-0.2, 0) is 10.0 Å². The molecule has 0 fully saturated rings. The van der Waals surface area contributed by atoms with Gasteiger partial charge in [-0.1, -0.05) is 23.7 Å². The van der Waals surface area contributed by atoms with Gasteiger partial charge in [-0.15, -0.1) is 11.3 Å². The van der Waals surface area contributed by atoms with E-state index in [1.165, 1.54) is 24.3 Å². The lowest BCUT2D eigenvalue weighted by molar-refractivity contribution is 0.600. The van der Waals surface area contributed by atoms with Crippen LogP contribution in [0.25, 0.3) is 0 Å². The van der Waals surface area contributed by atoms with Crippen LogP contribution in [0.1, 0.15) is 0 Å². The van der Waals surface area contributed by atoms with Crippen molar-refractivity contribution in [3.63, 3.8) is 0 Å². The first kappa shape index (κ1) is 12.3. The third kappa shape index (κ3) is 2.59. The summed E-state index contributed by atoms with van der Waals surface area (Å²) in [4.78, 5) is 0. The van der Waals surface area contributed by atoms with Crippen molar-refractivity contribution in [1.29, 1.82) is 0 Å². The molecule has 0 radical (unpaired) electrons. The number of hydrogen-bond donors (Lipinski definition) is 1. The lowest BCUT2D eigenvalue weighted by atomic mass is 10.3. The Morgan fingerprint density at radius 1 is 1.24 bits per heavy atom. The van der Waals surface area contributed by atoms with Crippen LogP contribution in [0.4, 0.5) is 10.1 Å². The summed E-state index contributed by atoms with van der Waals surface area (Å²) in [5.74, 6) is -0.783. The lowest BCUT2D eigenvalue weighted by Gasteiger charge is -2.07. The van der Waals surface area contributed by atoms with Gasteiger partial charge in [0, 0.05) is 0 Å². The van der Waals surface area contributed by atoms with Gasteiger partial charge in [-0.25, -0.2) is 12.8 Å². The van der Waals surface area contributed by atoms with E-state index in [0.29, 0.717) is 0 Å². The summed E-state index contributed by atoms with van der Waals surface area (Å²) < 4.78 is 39.4. The molecule has 0 saturated carbocycles. The summed E-state index contributed by atoms with van der Waals surface area (Å²) in [6.45, 7) is 0. The highest BCUT2D eigenvalue weighted by molar-refractivity contribution is 7.94. The number of sulfonamides is 1. The molecule has 0 aliphatic heterocycles. The maximum absolute atomic E-state index is 13.5. The fourth-order valence-corrected chi connectivity index (χ4v) is 3.42. The molecule has 0 amide bonds. The van der Waals surface area contributed by atoms with Crippen molar-refractivity contribution in [2.45, 2.75) is 4.21 Å². The molecule has 90 valence electrons.